The minimum atomic E-state index is -0.563. The molecule has 3 aromatic rings. The van der Waals surface area contributed by atoms with Crippen LogP contribution in [0.3, 0.4) is 0 Å². The smallest absolute Gasteiger partial charge is 0.241 e. The highest BCUT2D eigenvalue weighted by Gasteiger charge is 2.19. The van der Waals surface area contributed by atoms with Crippen molar-refractivity contribution in [2.24, 2.45) is 5.73 Å². The third-order valence-electron chi connectivity index (χ3n) is 5.46. The minimum Gasteiger partial charge on any atom is -0.493 e. The number of aromatic nitrogens is 3. The van der Waals surface area contributed by atoms with Crippen LogP contribution in [0.1, 0.15) is 18.9 Å². The molecule has 1 aromatic heterocycles. The molecule has 0 saturated heterocycles. The fraction of sp³-hybridized carbons (Fsp3) is 0.375. The maximum Gasteiger partial charge on any atom is 0.241 e. The van der Waals surface area contributed by atoms with Crippen molar-refractivity contribution in [2.75, 3.05) is 38.7 Å². The summed E-state index contributed by atoms with van der Waals surface area (Å²) in [4.78, 5) is 12.7. The molecule has 1 amide bonds. The summed E-state index contributed by atoms with van der Waals surface area (Å²) in [6.07, 6.45) is 5.04. The molecule has 3 rings (SSSR count). The second kappa shape index (κ2) is 11.8. The summed E-state index contributed by atoms with van der Waals surface area (Å²) in [6, 6.07) is 8.93. The van der Waals surface area contributed by atoms with Gasteiger partial charge < -0.3 is 25.3 Å². The fourth-order valence-electron chi connectivity index (χ4n) is 3.57. The predicted octanol–water partition coefficient (Wildman–Crippen LogP) is 3.54. The van der Waals surface area contributed by atoms with Crippen molar-refractivity contribution >= 4 is 23.4 Å². The summed E-state index contributed by atoms with van der Waals surface area (Å²) < 4.78 is 18.1. The molecule has 9 nitrogen and oxygen atoms in total. The summed E-state index contributed by atoms with van der Waals surface area (Å²) in [5, 5.41) is 11.4. The largest absolute Gasteiger partial charge is 0.493 e. The second-order valence-corrected chi connectivity index (χ2v) is 8.50. The molecule has 1 heterocycles. The van der Waals surface area contributed by atoms with Crippen LogP contribution in [0.15, 0.2) is 36.5 Å². The average molecular weight is 486 g/mol. The van der Waals surface area contributed by atoms with Gasteiger partial charge in [-0.25, -0.2) is 4.68 Å². The van der Waals surface area contributed by atoms with Gasteiger partial charge in [-0.1, -0.05) is 24.3 Å². The highest BCUT2D eigenvalue weighted by atomic mass is 32.2. The number of methoxy groups -OCH3 is 3. The number of carbonyl (C=O) groups is 1. The number of thioether (sulfide) groups is 1. The van der Waals surface area contributed by atoms with Crippen molar-refractivity contribution in [3.8, 4) is 34.2 Å². The van der Waals surface area contributed by atoms with Crippen LogP contribution in [-0.2, 0) is 11.2 Å². The first kappa shape index (κ1) is 25.4. The van der Waals surface area contributed by atoms with Crippen molar-refractivity contribution in [1.82, 2.24) is 15.0 Å². The van der Waals surface area contributed by atoms with E-state index in [1.807, 2.05) is 31.4 Å². The number of carbonyl (C=O) groups excluding carboxylic acids is 1. The lowest BCUT2D eigenvalue weighted by Gasteiger charge is -2.17. The number of amides is 1. The summed E-state index contributed by atoms with van der Waals surface area (Å²) in [5.41, 5.74) is 10.1. The van der Waals surface area contributed by atoms with Gasteiger partial charge in [0.1, 0.15) is 0 Å². The second-order valence-electron chi connectivity index (χ2n) is 7.52. The molecule has 0 aliphatic heterocycles. The Morgan fingerprint density at radius 2 is 1.85 bits per heavy atom. The standard InChI is InChI=1S/C24H31N5O4S/c1-6-15-7-8-16(11-19(15)27-24(30)18(25)9-10-34-5)20-14-26-28-29(20)17-12-21(31-2)23(33-4)22(13-17)32-3/h7-8,11-14,18H,6,9-10,25H2,1-5H3,(H,27,30). The van der Waals surface area contributed by atoms with Crippen LogP contribution in [0.2, 0.25) is 0 Å². The number of nitrogens with one attached hydrogen (secondary N) is 1. The maximum absolute atomic E-state index is 12.7. The molecule has 1 atom stereocenters. The zero-order valence-corrected chi connectivity index (χ0v) is 20.9. The lowest BCUT2D eigenvalue weighted by molar-refractivity contribution is -0.117. The van der Waals surface area contributed by atoms with Gasteiger partial charge >= 0.3 is 0 Å². The summed E-state index contributed by atoms with van der Waals surface area (Å²) in [5.74, 6) is 2.14. The molecule has 34 heavy (non-hydrogen) atoms. The molecule has 0 bridgehead atoms. The van der Waals surface area contributed by atoms with Gasteiger partial charge in [0.2, 0.25) is 11.7 Å². The highest BCUT2D eigenvalue weighted by Crippen LogP contribution is 2.40. The Morgan fingerprint density at radius 1 is 1.15 bits per heavy atom. The zero-order chi connectivity index (χ0) is 24.7. The first-order valence-electron chi connectivity index (χ1n) is 10.9. The Morgan fingerprint density at radius 3 is 2.44 bits per heavy atom. The maximum atomic E-state index is 12.7. The predicted molar refractivity (Wildman–Crippen MR) is 135 cm³/mol. The number of aryl methyl sites for hydroxylation is 1. The SMILES string of the molecule is CCc1ccc(-c2cnnn2-c2cc(OC)c(OC)c(OC)c2)cc1NC(=O)C(N)CCSC. The van der Waals surface area contributed by atoms with Gasteiger partial charge in [0.05, 0.1) is 44.9 Å². The number of anilines is 1. The molecular formula is C24H31N5O4S. The van der Waals surface area contributed by atoms with Crippen molar-refractivity contribution < 1.29 is 19.0 Å². The van der Waals surface area contributed by atoms with Crippen LogP contribution >= 0.6 is 11.8 Å². The lowest BCUT2D eigenvalue weighted by Crippen LogP contribution is -2.36. The molecule has 0 saturated carbocycles. The van der Waals surface area contributed by atoms with E-state index in [2.05, 4.69) is 15.6 Å². The van der Waals surface area contributed by atoms with E-state index in [1.165, 1.54) is 0 Å². The zero-order valence-electron chi connectivity index (χ0n) is 20.1. The quantitative estimate of drug-likeness (QED) is 0.424. The molecular weight excluding hydrogens is 454 g/mol. The van der Waals surface area contributed by atoms with Gasteiger partial charge in [0.15, 0.2) is 11.5 Å². The first-order chi connectivity index (χ1) is 16.5. The van der Waals surface area contributed by atoms with Gasteiger partial charge in [0, 0.05) is 23.4 Å². The summed E-state index contributed by atoms with van der Waals surface area (Å²) in [6.45, 7) is 2.04. The molecule has 1 unspecified atom stereocenters. The van der Waals surface area contributed by atoms with Crippen molar-refractivity contribution in [1.29, 1.82) is 0 Å². The Balaban J connectivity index is 2.00. The fourth-order valence-corrected chi connectivity index (χ4v) is 4.06. The Labute approximate surface area is 204 Å². The van der Waals surface area contributed by atoms with Crippen LogP contribution in [0.5, 0.6) is 17.2 Å². The van der Waals surface area contributed by atoms with Gasteiger partial charge in [-0.05, 0) is 36.5 Å². The van der Waals surface area contributed by atoms with Gasteiger partial charge in [-0.15, -0.1) is 5.10 Å². The molecule has 0 aliphatic rings. The van der Waals surface area contributed by atoms with E-state index >= 15 is 0 Å². The minimum absolute atomic E-state index is 0.197. The Bertz CT molecular complexity index is 1110. The number of hydrogen-bond donors (Lipinski definition) is 2. The van der Waals surface area contributed by atoms with Crippen molar-refractivity contribution in [2.45, 2.75) is 25.8 Å². The van der Waals surface area contributed by atoms with Crippen LogP contribution in [0.25, 0.3) is 16.9 Å². The topological polar surface area (TPSA) is 114 Å². The molecule has 0 radical (unpaired) electrons. The van der Waals surface area contributed by atoms with E-state index in [0.717, 1.165) is 34.7 Å². The van der Waals surface area contributed by atoms with E-state index in [-0.39, 0.29) is 5.91 Å². The number of hydrogen-bond acceptors (Lipinski definition) is 8. The molecule has 0 fully saturated rings. The molecule has 0 aliphatic carbocycles. The monoisotopic (exact) mass is 485 g/mol. The van der Waals surface area contributed by atoms with Gasteiger partial charge in [0.25, 0.3) is 0 Å². The first-order valence-corrected chi connectivity index (χ1v) is 12.3. The van der Waals surface area contributed by atoms with E-state index in [4.69, 9.17) is 19.9 Å². The summed E-state index contributed by atoms with van der Waals surface area (Å²) >= 11 is 1.67. The Kier molecular flexibility index (Phi) is 8.78. The third-order valence-corrected chi connectivity index (χ3v) is 6.10. The summed E-state index contributed by atoms with van der Waals surface area (Å²) in [7, 11) is 4.68. The van der Waals surface area contributed by atoms with Gasteiger partial charge in [-0.3, -0.25) is 4.79 Å². The number of nitrogens with zero attached hydrogens (tertiary/aromatic N) is 3. The van der Waals surface area contributed by atoms with E-state index in [9.17, 15) is 4.79 Å². The van der Waals surface area contributed by atoms with Crippen molar-refractivity contribution in [3.05, 3.63) is 42.1 Å². The molecule has 0 spiro atoms. The number of ether oxygens (including phenoxy) is 3. The lowest BCUT2D eigenvalue weighted by atomic mass is 10.0. The van der Waals surface area contributed by atoms with E-state index < -0.39 is 6.04 Å². The van der Waals surface area contributed by atoms with Crippen LogP contribution in [0, 0.1) is 0 Å². The molecule has 10 heteroatoms. The van der Waals surface area contributed by atoms with Gasteiger partial charge in [-0.2, -0.15) is 11.8 Å². The molecule has 182 valence electrons. The van der Waals surface area contributed by atoms with E-state index in [1.54, 1.807) is 56.1 Å². The normalized spacial score (nSPS) is 11.7. The highest BCUT2D eigenvalue weighted by molar-refractivity contribution is 7.98. The van der Waals surface area contributed by atoms with E-state index in [0.29, 0.717) is 29.4 Å². The van der Waals surface area contributed by atoms with Crippen LogP contribution in [-0.4, -0.2) is 60.3 Å². The average Bonchev–Trinajstić information content (AvgIpc) is 3.36. The Hall–Kier alpha value is -3.24. The molecule has 3 N–H and O–H groups in total. The van der Waals surface area contributed by atoms with Crippen LogP contribution in [0.4, 0.5) is 5.69 Å². The molecule has 2 aromatic carbocycles. The number of benzene rings is 2. The number of nitrogens with two attached hydrogens (primary N) is 1. The van der Waals surface area contributed by atoms with Crippen LogP contribution < -0.4 is 25.3 Å². The number of rotatable bonds is 11. The third kappa shape index (κ3) is 5.45. The van der Waals surface area contributed by atoms with Crippen molar-refractivity contribution in [3.63, 3.8) is 0 Å².